The minimum atomic E-state index is -0.381. The van der Waals surface area contributed by atoms with Crippen LogP contribution in [0.5, 0.6) is 0 Å². The minimum Gasteiger partial charge on any atom is -0.383 e. The van der Waals surface area contributed by atoms with E-state index in [1.54, 1.807) is 14.2 Å². The van der Waals surface area contributed by atoms with Crippen LogP contribution in [0.3, 0.4) is 0 Å². The zero-order valence-corrected chi connectivity index (χ0v) is 11.3. The summed E-state index contributed by atoms with van der Waals surface area (Å²) in [5.41, 5.74) is 0.562. The number of ether oxygens (including phenoxy) is 1. The highest BCUT2D eigenvalue weighted by molar-refractivity contribution is 5.60. The Morgan fingerprint density at radius 1 is 1.56 bits per heavy atom. The molecule has 0 saturated carbocycles. The Hall–Kier alpha value is -1.63. The molecule has 0 radical (unpaired) electrons. The summed E-state index contributed by atoms with van der Waals surface area (Å²) in [5, 5.41) is 18.4. The highest BCUT2D eigenvalue weighted by atomic mass is 16.6. The molecule has 0 aliphatic rings. The quantitative estimate of drug-likeness (QED) is 0.593. The Kier molecular flexibility index (Phi) is 5.08. The van der Waals surface area contributed by atoms with Gasteiger partial charge in [-0.1, -0.05) is 13.8 Å². The van der Waals surface area contributed by atoms with Gasteiger partial charge in [0, 0.05) is 14.2 Å². The van der Waals surface area contributed by atoms with Gasteiger partial charge in [0.2, 0.25) is 5.82 Å². The van der Waals surface area contributed by atoms with Crippen LogP contribution in [-0.2, 0) is 18.2 Å². The van der Waals surface area contributed by atoms with Crippen LogP contribution in [0, 0.1) is 10.1 Å². The summed E-state index contributed by atoms with van der Waals surface area (Å²) in [6, 6.07) is 0.0359. The third-order valence-corrected chi connectivity index (χ3v) is 2.81. The highest BCUT2D eigenvalue weighted by Crippen LogP contribution is 2.29. The fraction of sp³-hybridized carbons (Fsp3) is 0.727. The molecule has 0 aromatic carbocycles. The van der Waals surface area contributed by atoms with Crippen molar-refractivity contribution < 1.29 is 9.66 Å². The van der Waals surface area contributed by atoms with E-state index in [0.717, 1.165) is 6.42 Å². The summed E-state index contributed by atoms with van der Waals surface area (Å²) in [6.07, 6.45) is 1.35. The van der Waals surface area contributed by atoms with E-state index < -0.39 is 0 Å². The maximum absolute atomic E-state index is 11.1. The minimum absolute atomic E-state index is 0.0359. The van der Waals surface area contributed by atoms with Crippen molar-refractivity contribution in [2.24, 2.45) is 7.05 Å². The van der Waals surface area contributed by atoms with E-state index in [0.29, 0.717) is 24.5 Å². The van der Waals surface area contributed by atoms with Gasteiger partial charge < -0.3 is 10.1 Å². The van der Waals surface area contributed by atoms with Gasteiger partial charge >= 0.3 is 5.69 Å². The van der Waals surface area contributed by atoms with Crippen molar-refractivity contribution in [1.82, 2.24) is 9.78 Å². The molecule has 0 saturated heterocycles. The summed E-state index contributed by atoms with van der Waals surface area (Å²) >= 11 is 0. The van der Waals surface area contributed by atoms with Crippen LogP contribution in [0.2, 0.25) is 0 Å². The van der Waals surface area contributed by atoms with Crippen molar-refractivity contribution in [3.8, 4) is 0 Å². The molecule has 1 atom stereocenters. The first-order chi connectivity index (χ1) is 8.54. The summed E-state index contributed by atoms with van der Waals surface area (Å²) in [5.74, 6) is 0.445. The lowest BCUT2D eigenvalue weighted by Gasteiger charge is -2.16. The SMILES string of the molecule is CCc1nn(C)c(NC(CC)COC)c1[N+](=O)[O-]. The summed E-state index contributed by atoms with van der Waals surface area (Å²) < 4.78 is 6.60. The standard InChI is InChI=1S/C11H20N4O3/c1-5-8(7-18-4)12-11-10(15(16)17)9(6-2)13-14(11)3/h8,12H,5-7H2,1-4H3. The molecule has 0 spiro atoms. The zero-order chi connectivity index (χ0) is 13.7. The molecule has 7 heteroatoms. The second-order valence-electron chi connectivity index (χ2n) is 4.08. The van der Waals surface area contributed by atoms with Gasteiger partial charge in [0.1, 0.15) is 5.69 Å². The monoisotopic (exact) mass is 256 g/mol. The zero-order valence-electron chi connectivity index (χ0n) is 11.3. The maximum atomic E-state index is 11.1. The molecule has 1 heterocycles. The third-order valence-electron chi connectivity index (χ3n) is 2.81. The maximum Gasteiger partial charge on any atom is 0.333 e. The van der Waals surface area contributed by atoms with Crippen molar-refractivity contribution in [2.45, 2.75) is 32.7 Å². The van der Waals surface area contributed by atoms with Crippen molar-refractivity contribution in [2.75, 3.05) is 19.0 Å². The van der Waals surface area contributed by atoms with Gasteiger partial charge in [0.25, 0.3) is 0 Å². The lowest BCUT2D eigenvalue weighted by Crippen LogP contribution is -2.25. The van der Waals surface area contributed by atoms with Gasteiger partial charge in [-0.15, -0.1) is 0 Å². The van der Waals surface area contributed by atoms with E-state index in [-0.39, 0.29) is 16.7 Å². The molecule has 18 heavy (non-hydrogen) atoms. The smallest absolute Gasteiger partial charge is 0.333 e. The number of hydrogen-bond acceptors (Lipinski definition) is 5. The number of methoxy groups -OCH3 is 1. The van der Waals surface area contributed by atoms with Gasteiger partial charge in [-0.05, 0) is 12.8 Å². The average Bonchev–Trinajstić information content (AvgIpc) is 2.65. The predicted octanol–water partition coefficient (Wildman–Crippen LogP) is 1.73. The molecule has 0 aliphatic heterocycles. The molecule has 1 rings (SSSR count). The first-order valence-electron chi connectivity index (χ1n) is 6.00. The van der Waals surface area contributed by atoms with E-state index >= 15 is 0 Å². The molecule has 7 nitrogen and oxygen atoms in total. The fourth-order valence-electron chi connectivity index (χ4n) is 1.82. The molecular weight excluding hydrogens is 236 g/mol. The fourth-order valence-corrected chi connectivity index (χ4v) is 1.82. The van der Waals surface area contributed by atoms with E-state index in [9.17, 15) is 10.1 Å². The van der Waals surface area contributed by atoms with Crippen LogP contribution in [0.15, 0.2) is 0 Å². The Morgan fingerprint density at radius 3 is 2.67 bits per heavy atom. The highest BCUT2D eigenvalue weighted by Gasteiger charge is 2.26. The number of nitrogens with zero attached hydrogens (tertiary/aromatic N) is 3. The van der Waals surface area contributed by atoms with E-state index in [4.69, 9.17) is 4.74 Å². The number of anilines is 1. The van der Waals surface area contributed by atoms with E-state index in [2.05, 4.69) is 10.4 Å². The van der Waals surface area contributed by atoms with Gasteiger partial charge in [0.05, 0.1) is 17.6 Å². The number of aryl methyl sites for hydroxylation is 2. The largest absolute Gasteiger partial charge is 0.383 e. The van der Waals surface area contributed by atoms with Crippen LogP contribution in [0.1, 0.15) is 26.0 Å². The first-order valence-corrected chi connectivity index (χ1v) is 6.00. The summed E-state index contributed by atoms with van der Waals surface area (Å²) in [4.78, 5) is 10.7. The molecule has 0 bridgehead atoms. The van der Waals surface area contributed by atoms with E-state index in [1.165, 1.54) is 4.68 Å². The lowest BCUT2D eigenvalue weighted by atomic mass is 10.2. The van der Waals surface area contributed by atoms with Crippen molar-refractivity contribution >= 4 is 11.5 Å². The van der Waals surface area contributed by atoms with Gasteiger partial charge in [-0.3, -0.25) is 10.1 Å². The van der Waals surface area contributed by atoms with Crippen LogP contribution in [0.4, 0.5) is 11.5 Å². The molecule has 1 unspecified atom stereocenters. The number of nitro groups is 1. The number of nitrogens with one attached hydrogen (secondary N) is 1. The molecule has 0 aliphatic carbocycles. The first kappa shape index (κ1) is 14.4. The Balaban J connectivity index is 3.06. The van der Waals surface area contributed by atoms with Crippen LogP contribution in [0.25, 0.3) is 0 Å². The van der Waals surface area contributed by atoms with Gasteiger partial charge in [0.15, 0.2) is 0 Å². The summed E-state index contributed by atoms with van der Waals surface area (Å²) in [7, 11) is 3.31. The number of hydrogen-bond donors (Lipinski definition) is 1. The molecule has 102 valence electrons. The second kappa shape index (κ2) is 6.34. The van der Waals surface area contributed by atoms with Crippen LogP contribution >= 0.6 is 0 Å². The Bertz CT molecular complexity index is 417. The van der Waals surface area contributed by atoms with Crippen LogP contribution < -0.4 is 5.32 Å². The lowest BCUT2D eigenvalue weighted by molar-refractivity contribution is -0.384. The third kappa shape index (κ3) is 2.98. The number of rotatable bonds is 7. The van der Waals surface area contributed by atoms with Gasteiger partial charge in [-0.2, -0.15) is 5.10 Å². The molecular formula is C11H20N4O3. The van der Waals surface area contributed by atoms with Crippen molar-refractivity contribution in [3.05, 3.63) is 15.8 Å². The topological polar surface area (TPSA) is 82.2 Å². The van der Waals surface area contributed by atoms with E-state index in [1.807, 2.05) is 13.8 Å². The van der Waals surface area contributed by atoms with Crippen molar-refractivity contribution in [3.63, 3.8) is 0 Å². The predicted molar refractivity (Wildman–Crippen MR) is 68.8 cm³/mol. The average molecular weight is 256 g/mol. The Morgan fingerprint density at radius 2 is 2.22 bits per heavy atom. The van der Waals surface area contributed by atoms with Crippen molar-refractivity contribution in [1.29, 1.82) is 0 Å². The molecule has 0 amide bonds. The van der Waals surface area contributed by atoms with Gasteiger partial charge in [-0.25, -0.2) is 4.68 Å². The molecule has 1 aromatic heterocycles. The molecule has 1 N–H and O–H groups in total. The molecule has 1 aromatic rings. The molecule has 0 fully saturated rings. The second-order valence-corrected chi connectivity index (χ2v) is 4.08. The summed E-state index contributed by atoms with van der Waals surface area (Å²) in [6.45, 7) is 4.35. The number of aromatic nitrogens is 2. The van der Waals surface area contributed by atoms with Crippen LogP contribution in [-0.4, -0.2) is 34.5 Å². The normalized spacial score (nSPS) is 12.4. The Labute approximate surface area is 106 Å².